The summed E-state index contributed by atoms with van der Waals surface area (Å²) in [6, 6.07) is 0.206. The van der Waals surface area contributed by atoms with Crippen LogP contribution in [0.3, 0.4) is 0 Å². The maximum absolute atomic E-state index is 12.5. The second kappa shape index (κ2) is 5.36. The van der Waals surface area contributed by atoms with Crippen LogP contribution in [-0.4, -0.2) is 42.6 Å². The van der Waals surface area contributed by atoms with Crippen molar-refractivity contribution in [2.45, 2.75) is 45.3 Å². The molecule has 1 heterocycles. The van der Waals surface area contributed by atoms with Crippen molar-refractivity contribution in [3.63, 3.8) is 0 Å². The summed E-state index contributed by atoms with van der Waals surface area (Å²) in [5.74, 6) is 0.862. The number of nitrogens with zero attached hydrogens (tertiary/aromatic N) is 1. The molecule has 0 aromatic carbocycles. The standard InChI is InChI=1S/C13H24N2O2/c1-9-8-17-10(2)7-15(9)13(16)12-5-3-4-11(12)6-14/h9-12H,3-8,14H2,1-2H3/t9?,10?,11-,12-/m1/s1. The fourth-order valence-corrected chi connectivity index (χ4v) is 3.07. The van der Waals surface area contributed by atoms with Crippen molar-refractivity contribution in [3.8, 4) is 0 Å². The Kier molecular flexibility index (Phi) is 4.05. The van der Waals surface area contributed by atoms with Crippen LogP contribution in [0.25, 0.3) is 0 Å². The van der Waals surface area contributed by atoms with Gasteiger partial charge in [0.05, 0.1) is 18.8 Å². The van der Waals surface area contributed by atoms with E-state index in [1.54, 1.807) is 0 Å². The number of rotatable bonds is 2. The Hall–Kier alpha value is -0.610. The minimum atomic E-state index is 0.160. The molecule has 2 fully saturated rings. The number of nitrogens with two attached hydrogens (primary N) is 1. The zero-order valence-corrected chi connectivity index (χ0v) is 10.9. The summed E-state index contributed by atoms with van der Waals surface area (Å²) in [5.41, 5.74) is 5.76. The van der Waals surface area contributed by atoms with Crippen LogP contribution in [0.2, 0.25) is 0 Å². The summed E-state index contributed by atoms with van der Waals surface area (Å²) >= 11 is 0. The zero-order valence-electron chi connectivity index (χ0n) is 10.9. The quantitative estimate of drug-likeness (QED) is 0.783. The molecule has 0 aromatic heterocycles. The highest BCUT2D eigenvalue weighted by Gasteiger charge is 2.37. The second-order valence-corrected chi connectivity index (χ2v) is 5.52. The van der Waals surface area contributed by atoms with Crippen molar-refractivity contribution < 1.29 is 9.53 Å². The van der Waals surface area contributed by atoms with Gasteiger partial charge in [-0.1, -0.05) is 6.42 Å². The first-order valence-electron chi connectivity index (χ1n) is 6.75. The third-order valence-corrected chi connectivity index (χ3v) is 4.17. The molecule has 0 radical (unpaired) electrons. The van der Waals surface area contributed by atoms with Gasteiger partial charge in [0, 0.05) is 12.5 Å². The molecule has 1 amide bonds. The van der Waals surface area contributed by atoms with E-state index in [0.717, 1.165) is 25.8 Å². The van der Waals surface area contributed by atoms with Crippen LogP contribution in [0, 0.1) is 11.8 Å². The predicted molar refractivity (Wildman–Crippen MR) is 66.5 cm³/mol. The molecule has 2 rings (SSSR count). The average molecular weight is 240 g/mol. The van der Waals surface area contributed by atoms with Gasteiger partial charge in [-0.15, -0.1) is 0 Å². The molecular formula is C13H24N2O2. The minimum Gasteiger partial charge on any atom is -0.375 e. The number of ether oxygens (including phenoxy) is 1. The summed E-state index contributed by atoms with van der Waals surface area (Å²) in [7, 11) is 0. The Morgan fingerprint density at radius 2 is 2.18 bits per heavy atom. The van der Waals surface area contributed by atoms with E-state index in [1.165, 1.54) is 0 Å². The van der Waals surface area contributed by atoms with Crippen LogP contribution < -0.4 is 5.73 Å². The minimum absolute atomic E-state index is 0.160. The lowest BCUT2D eigenvalue weighted by molar-refractivity contribution is -0.148. The molecule has 1 saturated carbocycles. The molecular weight excluding hydrogens is 216 g/mol. The number of morpholine rings is 1. The van der Waals surface area contributed by atoms with Crippen molar-refractivity contribution in [1.29, 1.82) is 0 Å². The maximum atomic E-state index is 12.5. The van der Waals surface area contributed by atoms with Gasteiger partial charge in [0.1, 0.15) is 0 Å². The molecule has 1 saturated heterocycles. The summed E-state index contributed by atoms with van der Waals surface area (Å²) in [5, 5.41) is 0. The van der Waals surface area contributed by atoms with E-state index in [9.17, 15) is 4.79 Å². The van der Waals surface area contributed by atoms with E-state index in [2.05, 4.69) is 6.92 Å². The monoisotopic (exact) mass is 240 g/mol. The lowest BCUT2D eigenvalue weighted by Gasteiger charge is -2.39. The van der Waals surface area contributed by atoms with Crippen LogP contribution >= 0.6 is 0 Å². The zero-order chi connectivity index (χ0) is 12.4. The van der Waals surface area contributed by atoms with Gasteiger partial charge in [-0.3, -0.25) is 4.79 Å². The number of hydrogen-bond donors (Lipinski definition) is 1. The van der Waals surface area contributed by atoms with Crippen molar-refractivity contribution in [1.82, 2.24) is 4.90 Å². The molecule has 4 atom stereocenters. The van der Waals surface area contributed by atoms with E-state index in [4.69, 9.17) is 10.5 Å². The lowest BCUT2D eigenvalue weighted by atomic mass is 9.94. The Morgan fingerprint density at radius 3 is 2.88 bits per heavy atom. The first kappa shape index (κ1) is 12.8. The van der Waals surface area contributed by atoms with Gasteiger partial charge in [0.2, 0.25) is 5.91 Å². The first-order chi connectivity index (χ1) is 8.13. The fraction of sp³-hybridized carbons (Fsp3) is 0.923. The molecule has 1 aliphatic carbocycles. The van der Waals surface area contributed by atoms with Gasteiger partial charge in [0.15, 0.2) is 0 Å². The molecule has 0 spiro atoms. The molecule has 17 heavy (non-hydrogen) atoms. The van der Waals surface area contributed by atoms with E-state index in [1.807, 2.05) is 11.8 Å². The van der Waals surface area contributed by atoms with Gasteiger partial charge < -0.3 is 15.4 Å². The number of carbonyl (C=O) groups is 1. The summed E-state index contributed by atoms with van der Waals surface area (Å²) in [6.45, 7) is 6.13. The van der Waals surface area contributed by atoms with Gasteiger partial charge in [-0.2, -0.15) is 0 Å². The van der Waals surface area contributed by atoms with Crippen LogP contribution in [0.15, 0.2) is 0 Å². The third kappa shape index (κ3) is 2.63. The molecule has 4 nitrogen and oxygen atoms in total. The van der Waals surface area contributed by atoms with Crippen LogP contribution in [-0.2, 0) is 9.53 Å². The van der Waals surface area contributed by atoms with E-state index in [0.29, 0.717) is 25.0 Å². The molecule has 98 valence electrons. The highest BCUT2D eigenvalue weighted by atomic mass is 16.5. The van der Waals surface area contributed by atoms with Gasteiger partial charge in [-0.05, 0) is 39.2 Å². The van der Waals surface area contributed by atoms with Gasteiger partial charge >= 0.3 is 0 Å². The maximum Gasteiger partial charge on any atom is 0.226 e. The number of carbonyl (C=O) groups excluding carboxylic acids is 1. The van der Waals surface area contributed by atoms with E-state index >= 15 is 0 Å². The molecule has 0 aromatic rings. The average Bonchev–Trinajstić information content (AvgIpc) is 2.79. The molecule has 1 aliphatic heterocycles. The SMILES string of the molecule is CC1CN(C(=O)[C@@H]2CCC[C@@H]2CN)C(C)CO1. The van der Waals surface area contributed by atoms with Gasteiger partial charge in [-0.25, -0.2) is 0 Å². The summed E-state index contributed by atoms with van der Waals surface area (Å²) < 4.78 is 5.57. The highest BCUT2D eigenvalue weighted by molar-refractivity contribution is 5.80. The van der Waals surface area contributed by atoms with Crippen molar-refractivity contribution in [2.75, 3.05) is 19.7 Å². The normalized spacial score (nSPS) is 38.4. The van der Waals surface area contributed by atoms with Crippen LogP contribution in [0.1, 0.15) is 33.1 Å². The van der Waals surface area contributed by atoms with Crippen molar-refractivity contribution in [2.24, 2.45) is 17.6 Å². The molecule has 0 bridgehead atoms. The smallest absolute Gasteiger partial charge is 0.226 e. The fourth-order valence-electron chi connectivity index (χ4n) is 3.07. The Labute approximate surface area is 103 Å². The second-order valence-electron chi connectivity index (χ2n) is 5.52. The lowest BCUT2D eigenvalue weighted by Crippen LogP contribution is -2.52. The number of amides is 1. The van der Waals surface area contributed by atoms with E-state index < -0.39 is 0 Å². The number of hydrogen-bond acceptors (Lipinski definition) is 3. The van der Waals surface area contributed by atoms with Crippen molar-refractivity contribution in [3.05, 3.63) is 0 Å². The molecule has 2 aliphatic rings. The largest absolute Gasteiger partial charge is 0.375 e. The topological polar surface area (TPSA) is 55.6 Å². The van der Waals surface area contributed by atoms with Crippen LogP contribution in [0.5, 0.6) is 0 Å². The predicted octanol–water partition coefficient (Wildman–Crippen LogP) is 0.997. The van der Waals surface area contributed by atoms with E-state index in [-0.39, 0.29) is 18.1 Å². The molecule has 2 N–H and O–H groups in total. The highest BCUT2D eigenvalue weighted by Crippen LogP contribution is 2.33. The summed E-state index contributed by atoms with van der Waals surface area (Å²) in [6.07, 6.45) is 3.43. The molecule has 4 heteroatoms. The third-order valence-electron chi connectivity index (χ3n) is 4.17. The van der Waals surface area contributed by atoms with Gasteiger partial charge in [0.25, 0.3) is 0 Å². The van der Waals surface area contributed by atoms with Crippen molar-refractivity contribution >= 4 is 5.91 Å². The Bertz CT molecular complexity index is 283. The molecule has 2 unspecified atom stereocenters. The Balaban J connectivity index is 2.02. The first-order valence-corrected chi connectivity index (χ1v) is 6.75. The van der Waals surface area contributed by atoms with Crippen LogP contribution in [0.4, 0.5) is 0 Å². The summed E-state index contributed by atoms with van der Waals surface area (Å²) in [4.78, 5) is 14.5. The Morgan fingerprint density at radius 1 is 1.41 bits per heavy atom.